The van der Waals surface area contributed by atoms with Gasteiger partial charge >= 0.3 is 5.97 Å². The molecular formula is C21H30N2O5. The lowest BCUT2D eigenvalue weighted by Crippen LogP contribution is -2.41. The lowest BCUT2D eigenvalue weighted by atomic mass is 9.97. The van der Waals surface area contributed by atoms with Crippen LogP contribution in [0, 0.1) is 5.92 Å². The summed E-state index contributed by atoms with van der Waals surface area (Å²) in [5.41, 5.74) is 0.719. The highest BCUT2D eigenvalue weighted by Gasteiger charge is 2.26. The highest BCUT2D eigenvalue weighted by molar-refractivity contribution is 5.92. The highest BCUT2D eigenvalue weighted by Crippen LogP contribution is 2.21. The van der Waals surface area contributed by atoms with Crippen molar-refractivity contribution in [2.45, 2.75) is 38.7 Å². The van der Waals surface area contributed by atoms with Crippen molar-refractivity contribution in [1.82, 2.24) is 4.90 Å². The standard InChI is InChI=1S/C21H30N2O5/c1-2-26-21(25)16-8-10-23(11-9-16)14-20(24)22-17-5-3-6-18(13-17)28-15-19-7-4-12-27-19/h3,5-6,13,16,19H,2,4,7-12,14-15H2,1H3,(H,22,24). The Balaban J connectivity index is 1.41. The molecule has 28 heavy (non-hydrogen) atoms. The molecule has 0 spiro atoms. The van der Waals surface area contributed by atoms with E-state index in [4.69, 9.17) is 14.2 Å². The summed E-state index contributed by atoms with van der Waals surface area (Å²) in [6.07, 6.45) is 3.75. The second-order valence-corrected chi connectivity index (χ2v) is 7.32. The average Bonchev–Trinajstić information content (AvgIpc) is 3.21. The number of amides is 1. The summed E-state index contributed by atoms with van der Waals surface area (Å²) in [7, 11) is 0. The van der Waals surface area contributed by atoms with Crippen LogP contribution in [0.2, 0.25) is 0 Å². The van der Waals surface area contributed by atoms with Gasteiger partial charge in [0.1, 0.15) is 12.4 Å². The number of likely N-dealkylation sites (tertiary alicyclic amines) is 1. The summed E-state index contributed by atoms with van der Waals surface area (Å²) in [5, 5.41) is 2.93. The van der Waals surface area contributed by atoms with E-state index < -0.39 is 0 Å². The molecule has 0 bridgehead atoms. The Labute approximate surface area is 166 Å². The molecular weight excluding hydrogens is 360 g/mol. The molecule has 2 heterocycles. The summed E-state index contributed by atoms with van der Waals surface area (Å²) in [4.78, 5) is 26.2. The number of nitrogens with one attached hydrogen (secondary N) is 1. The smallest absolute Gasteiger partial charge is 0.309 e. The van der Waals surface area contributed by atoms with Crippen LogP contribution >= 0.6 is 0 Å². The fourth-order valence-corrected chi connectivity index (χ4v) is 3.62. The Bertz CT molecular complexity index is 652. The quantitative estimate of drug-likeness (QED) is 0.687. The Morgan fingerprint density at radius 2 is 2.07 bits per heavy atom. The van der Waals surface area contributed by atoms with Crippen molar-refractivity contribution in [2.24, 2.45) is 5.92 Å². The molecule has 0 radical (unpaired) electrons. The number of piperidine rings is 1. The van der Waals surface area contributed by atoms with Crippen molar-refractivity contribution >= 4 is 17.6 Å². The maximum Gasteiger partial charge on any atom is 0.309 e. The largest absolute Gasteiger partial charge is 0.491 e. The van der Waals surface area contributed by atoms with Crippen LogP contribution in [0.15, 0.2) is 24.3 Å². The summed E-state index contributed by atoms with van der Waals surface area (Å²) in [5.74, 6) is 0.498. The minimum absolute atomic E-state index is 0.0445. The van der Waals surface area contributed by atoms with E-state index in [9.17, 15) is 9.59 Å². The van der Waals surface area contributed by atoms with Crippen LogP contribution in [0.4, 0.5) is 5.69 Å². The van der Waals surface area contributed by atoms with Gasteiger partial charge in [0.15, 0.2) is 0 Å². The van der Waals surface area contributed by atoms with Gasteiger partial charge < -0.3 is 19.5 Å². The first-order chi connectivity index (χ1) is 13.6. The molecule has 1 N–H and O–H groups in total. The fraction of sp³-hybridized carbons (Fsp3) is 0.619. The first-order valence-corrected chi connectivity index (χ1v) is 10.2. The second kappa shape index (κ2) is 10.4. The molecule has 7 heteroatoms. The fourth-order valence-electron chi connectivity index (χ4n) is 3.62. The molecule has 1 aromatic carbocycles. The van der Waals surface area contributed by atoms with Crippen molar-refractivity contribution in [3.05, 3.63) is 24.3 Å². The molecule has 0 saturated carbocycles. The third kappa shape index (κ3) is 6.21. The van der Waals surface area contributed by atoms with Gasteiger partial charge in [0.05, 0.1) is 25.2 Å². The molecule has 154 valence electrons. The predicted octanol–water partition coefficient (Wildman–Crippen LogP) is 2.46. The molecule has 1 aromatic rings. The third-order valence-corrected chi connectivity index (χ3v) is 5.15. The van der Waals surface area contributed by atoms with Gasteiger partial charge in [-0.25, -0.2) is 0 Å². The number of nitrogens with zero attached hydrogens (tertiary/aromatic N) is 1. The zero-order chi connectivity index (χ0) is 19.8. The van der Waals surface area contributed by atoms with Crippen molar-refractivity contribution in [1.29, 1.82) is 0 Å². The first-order valence-electron chi connectivity index (χ1n) is 10.2. The number of hydrogen-bond acceptors (Lipinski definition) is 6. The van der Waals surface area contributed by atoms with Crippen LogP contribution in [0.1, 0.15) is 32.6 Å². The normalized spacial score (nSPS) is 20.7. The Morgan fingerprint density at radius 3 is 2.79 bits per heavy atom. The van der Waals surface area contributed by atoms with E-state index in [0.717, 1.165) is 56.8 Å². The van der Waals surface area contributed by atoms with Gasteiger partial charge in [0.2, 0.25) is 5.91 Å². The van der Waals surface area contributed by atoms with Crippen molar-refractivity contribution < 1.29 is 23.8 Å². The lowest BCUT2D eigenvalue weighted by molar-refractivity contribution is -0.149. The maximum absolute atomic E-state index is 12.4. The topological polar surface area (TPSA) is 77.1 Å². The monoisotopic (exact) mass is 390 g/mol. The van der Waals surface area contributed by atoms with Crippen LogP contribution in [-0.2, 0) is 19.1 Å². The van der Waals surface area contributed by atoms with Gasteiger partial charge in [0.25, 0.3) is 0 Å². The van der Waals surface area contributed by atoms with E-state index in [1.54, 1.807) is 0 Å². The van der Waals surface area contributed by atoms with E-state index in [1.807, 2.05) is 31.2 Å². The van der Waals surface area contributed by atoms with Crippen molar-refractivity contribution in [2.75, 3.05) is 44.8 Å². The van der Waals surface area contributed by atoms with E-state index in [1.165, 1.54) is 0 Å². The number of carbonyl (C=O) groups excluding carboxylic acids is 2. The van der Waals surface area contributed by atoms with Crippen molar-refractivity contribution in [3.63, 3.8) is 0 Å². The number of esters is 1. The van der Waals surface area contributed by atoms with Gasteiger partial charge in [-0.15, -0.1) is 0 Å². The Hall–Kier alpha value is -2.12. The molecule has 2 saturated heterocycles. The van der Waals surface area contributed by atoms with Gasteiger partial charge in [-0.2, -0.15) is 0 Å². The van der Waals surface area contributed by atoms with Crippen molar-refractivity contribution in [3.8, 4) is 5.75 Å². The summed E-state index contributed by atoms with van der Waals surface area (Å²) in [6, 6.07) is 7.43. The molecule has 2 aliphatic heterocycles. The lowest BCUT2D eigenvalue weighted by Gasteiger charge is -2.30. The molecule has 0 aliphatic carbocycles. The average molecular weight is 390 g/mol. The number of ether oxygens (including phenoxy) is 3. The van der Waals surface area contributed by atoms with Crippen LogP contribution in [0.25, 0.3) is 0 Å². The maximum atomic E-state index is 12.4. The number of benzene rings is 1. The molecule has 3 rings (SSSR count). The molecule has 1 unspecified atom stereocenters. The molecule has 7 nitrogen and oxygen atoms in total. The third-order valence-electron chi connectivity index (χ3n) is 5.15. The zero-order valence-corrected chi connectivity index (χ0v) is 16.5. The number of carbonyl (C=O) groups is 2. The SMILES string of the molecule is CCOC(=O)C1CCN(CC(=O)Nc2cccc(OCC3CCCO3)c2)CC1. The second-order valence-electron chi connectivity index (χ2n) is 7.32. The molecule has 1 amide bonds. The summed E-state index contributed by atoms with van der Waals surface area (Å²) in [6.45, 7) is 5.34. The number of anilines is 1. The summed E-state index contributed by atoms with van der Waals surface area (Å²) >= 11 is 0. The van der Waals surface area contributed by atoms with Gasteiger partial charge in [-0.3, -0.25) is 14.5 Å². The molecule has 2 aliphatic rings. The predicted molar refractivity (Wildman–Crippen MR) is 105 cm³/mol. The van der Waals surface area contributed by atoms with E-state index in [2.05, 4.69) is 10.2 Å². The van der Waals surface area contributed by atoms with Gasteiger partial charge in [0, 0.05) is 18.4 Å². The minimum atomic E-state index is -0.119. The molecule has 0 aromatic heterocycles. The van der Waals surface area contributed by atoms with Crippen LogP contribution < -0.4 is 10.1 Å². The van der Waals surface area contributed by atoms with E-state index in [0.29, 0.717) is 19.8 Å². The summed E-state index contributed by atoms with van der Waals surface area (Å²) < 4.78 is 16.4. The van der Waals surface area contributed by atoms with Gasteiger partial charge in [-0.1, -0.05) is 6.07 Å². The Kier molecular flexibility index (Phi) is 7.68. The van der Waals surface area contributed by atoms with Crippen LogP contribution in [0.5, 0.6) is 5.75 Å². The number of hydrogen-bond donors (Lipinski definition) is 1. The zero-order valence-electron chi connectivity index (χ0n) is 16.5. The van der Waals surface area contributed by atoms with Gasteiger partial charge in [-0.05, 0) is 57.8 Å². The first kappa shape index (κ1) is 20.6. The van der Waals surface area contributed by atoms with Crippen LogP contribution in [-0.4, -0.2) is 62.3 Å². The van der Waals surface area contributed by atoms with Crippen LogP contribution in [0.3, 0.4) is 0 Å². The molecule has 2 fully saturated rings. The number of rotatable bonds is 8. The molecule has 1 atom stereocenters. The Morgan fingerprint density at radius 1 is 1.25 bits per heavy atom. The van der Waals surface area contributed by atoms with E-state index >= 15 is 0 Å². The van der Waals surface area contributed by atoms with E-state index in [-0.39, 0.29) is 23.9 Å². The minimum Gasteiger partial charge on any atom is -0.491 e. The highest BCUT2D eigenvalue weighted by atomic mass is 16.5.